The van der Waals surface area contributed by atoms with Gasteiger partial charge in [0, 0.05) is 0 Å². The van der Waals surface area contributed by atoms with Gasteiger partial charge in [-0.3, -0.25) is 4.79 Å². The average Bonchev–Trinajstić information content (AvgIpc) is 3.16. The Balaban J connectivity index is 1.46. The van der Waals surface area contributed by atoms with E-state index in [-0.39, 0.29) is 22.2 Å². The lowest BCUT2D eigenvalue weighted by Gasteiger charge is -2.60. The Morgan fingerprint density at radius 2 is 0.842 bits per heavy atom. The minimum atomic E-state index is -0.565. The van der Waals surface area contributed by atoms with Crippen LogP contribution in [0.5, 0.6) is 5.75 Å². The molecule has 4 bridgehead atoms. The number of esters is 1. The van der Waals surface area contributed by atoms with Crippen LogP contribution in [0, 0.1) is 5.41 Å². The minimum Gasteiger partial charge on any atom is -0.426 e. The van der Waals surface area contributed by atoms with Crippen LogP contribution in [0.25, 0.3) is 0 Å². The number of fused-ring (bicyclic) bond motifs is 1. The Labute approximate surface area is 225 Å². The molecule has 0 saturated heterocycles. The third kappa shape index (κ3) is 3.65. The summed E-state index contributed by atoms with van der Waals surface area (Å²) in [5.74, 6) is 0.592. The molecule has 0 N–H and O–H groups in total. The first-order valence-corrected chi connectivity index (χ1v) is 14.0. The molecule has 4 fully saturated rings. The average molecular weight is 499 g/mol. The summed E-state index contributed by atoms with van der Waals surface area (Å²) >= 11 is 0. The lowest BCUT2D eigenvalue weighted by molar-refractivity contribution is -0.157. The standard InChI is InChI=1S/C36H34O2/c37-32(38-31-19-11-4-12-20-31)36-25-33(28-13-5-1-6-14-28)21-22-34(26-36,29-15-7-2-8-16-29)24-35(23-33,27-36)30-17-9-3-10-18-30/h1-20H,21-27H2. The SMILES string of the molecule is O=C(Oc1ccccc1)C12CC3(c4ccccc4)CCC(c4ccccc4)(C1)CC(c1ccccc1)(C2)C3. The summed E-state index contributed by atoms with van der Waals surface area (Å²) in [6.45, 7) is 0. The molecule has 0 heterocycles. The number of hydrogen-bond acceptors (Lipinski definition) is 2. The van der Waals surface area contributed by atoms with Crippen molar-refractivity contribution in [3.8, 4) is 5.75 Å². The van der Waals surface area contributed by atoms with Crippen molar-refractivity contribution in [2.24, 2.45) is 5.41 Å². The van der Waals surface area contributed by atoms with Gasteiger partial charge in [0.05, 0.1) is 5.41 Å². The summed E-state index contributed by atoms with van der Waals surface area (Å²) in [6.07, 6.45) is 6.85. The zero-order chi connectivity index (χ0) is 25.7. The fourth-order valence-electron chi connectivity index (χ4n) is 8.87. The fraction of sp³-hybridized carbons (Fsp3) is 0.306. The van der Waals surface area contributed by atoms with E-state index < -0.39 is 5.41 Å². The largest absolute Gasteiger partial charge is 0.426 e. The van der Waals surface area contributed by atoms with Crippen molar-refractivity contribution in [3.05, 3.63) is 138 Å². The van der Waals surface area contributed by atoms with Crippen molar-refractivity contribution in [2.45, 2.75) is 61.2 Å². The number of rotatable bonds is 5. The van der Waals surface area contributed by atoms with Crippen LogP contribution in [0.1, 0.15) is 61.6 Å². The molecule has 4 aliphatic rings. The number of carbonyl (C=O) groups is 1. The van der Waals surface area contributed by atoms with E-state index in [9.17, 15) is 4.79 Å². The van der Waals surface area contributed by atoms with E-state index >= 15 is 0 Å². The van der Waals surface area contributed by atoms with Gasteiger partial charge < -0.3 is 4.74 Å². The highest BCUT2D eigenvalue weighted by Crippen LogP contribution is 2.71. The highest BCUT2D eigenvalue weighted by atomic mass is 16.5. The van der Waals surface area contributed by atoms with Crippen molar-refractivity contribution < 1.29 is 9.53 Å². The molecule has 4 aliphatic carbocycles. The van der Waals surface area contributed by atoms with Gasteiger partial charge in [-0.05, 0) is 90.0 Å². The molecule has 2 unspecified atom stereocenters. The second kappa shape index (κ2) is 8.70. The van der Waals surface area contributed by atoms with Crippen molar-refractivity contribution in [1.29, 1.82) is 0 Å². The summed E-state index contributed by atoms with van der Waals surface area (Å²) in [6, 6.07) is 42.8. The van der Waals surface area contributed by atoms with Crippen LogP contribution in [0.4, 0.5) is 0 Å². The zero-order valence-electron chi connectivity index (χ0n) is 21.8. The normalized spacial score (nSPS) is 31.5. The van der Waals surface area contributed by atoms with E-state index in [0.717, 1.165) is 44.9 Å². The molecule has 4 aromatic rings. The fourth-order valence-corrected chi connectivity index (χ4v) is 8.87. The van der Waals surface area contributed by atoms with E-state index in [2.05, 4.69) is 91.0 Å². The molecule has 2 atom stereocenters. The quantitative estimate of drug-likeness (QED) is 0.205. The maximum atomic E-state index is 14.5. The van der Waals surface area contributed by atoms with Crippen LogP contribution in [-0.2, 0) is 21.0 Å². The molecule has 8 rings (SSSR count). The molecular weight excluding hydrogens is 464 g/mol. The molecular formula is C36H34O2. The number of benzene rings is 4. The van der Waals surface area contributed by atoms with Crippen molar-refractivity contribution in [1.82, 2.24) is 0 Å². The third-order valence-electron chi connectivity index (χ3n) is 10.0. The predicted octanol–water partition coefficient (Wildman–Crippen LogP) is 8.16. The Morgan fingerprint density at radius 3 is 1.29 bits per heavy atom. The van der Waals surface area contributed by atoms with Gasteiger partial charge in [-0.15, -0.1) is 0 Å². The van der Waals surface area contributed by atoms with Crippen molar-refractivity contribution >= 4 is 5.97 Å². The van der Waals surface area contributed by atoms with Crippen LogP contribution >= 0.6 is 0 Å². The third-order valence-corrected chi connectivity index (χ3v) is 10.0. The lowest BCUT2D eigenvalue weighted by Crippen LogP contribution is -2.59. The zero-order valence-corrected chi connectivity index (χ0v) is 21.8. The Morgan fingerprint density at radius 1 is 0.474 bits per heavy atom. The first-order chi connectivity index (χ1) is 18.6. The smallest absolute Gasteiger partial charge is 0.317 e. The van der Waals surface area contributed by atoms with Gasteiger partial charge in [0.1, 0.15) is 5.75 Å². The number of para-hydroxylation sites is 1. The Hall–Kier alpha value is -3.65. The number of ether oxygens (including phenoxy) is 1. The van der Waals surface area contributed by atoms with Gasteiger partial charge in [-0.25, -0.2) is 0 Å². The van der Waals surface area contributed by atoms with E-state index in [4.69, 9.17) is 4.74 Å². The highest BCUT2D eigenvalue weighted by molar-refractivity contribution is 5.81. The van der Waals surface area contributed by atoms with E-state index in [0.29, 0.717) is 5.75 Å². The molecule has 2 nitrogen and oxygen atoms in total. The molecule has 38 heavy (non-hydrogen) atoms. The molecule has 190 valence electrons. The Kier molecular flexibility index (Phi) is 5.37. The first-order valence-electron chi connectivity index (χ1n) is 14.0. The predicted molar refractivity (Wildman–Crippen MR) is 151 cm³/mol. The van der Waals surface area contributed by atoms with Gasteiger partial charge in [0.15, 0.2) is 0 Å². The second-order valence-electron chi connectivity index (χ2n) is 12.3. The minimum absolute atomic E-state index is 0.0501. The van der Waals surface area contributed by atoms with Crippen LogP contribution < -0.4 is 4.74 Å². The van der Waals surface area contributed by atoms with E-state index in [1.165, 1.54) is 16.7 Å². The van der Waals surface area contributed by atoms with Crippen LogP contribution in [0.2, 0.25) is 0 Å². The molecule has 0 amide bonds. The summed E-state index contributed by atoms with van der Waals surface area (Å²) in [5, 5.41) is 0. The van der Waals surface area contributed by atoms with E-state index in [1.54, 1.807) is 0 Å². The van der Waals surface area contributed by atoms with Crippen molar-refractivity contribution in [3.63, 3.8) is 0 Å². The second-order valence-corrected chi connectivity index (χ2v) is 12.3. The summed E-state index contributed by atoms with van der Waals surface area (Å²) in [4.78, 5) is 14.5. The van der Waals surface area contributed by atoms with Gasteiger partial charge >= 0.3 is 5.97 Å². The van der Waals surface area contributed by atoms with Crippen LogP contribution in [0.3, 0.4) is 0 Å². The highest BCUT2D eigenvalue weighted by Gasteiger charge is 2.68. The molecule has 0 spiro atoms. The summed E-state index contributed by atoms with van der Waals surface area (Å²) in [7, 11) is 0. The molecule has 0 aliphatic heterocycles. The number of hydrogen-bond donors (Lipinski definition) is 0. The van der Waals surface area contributed by atoms with E-state index in [1.807, 2.05) is 30.3 Å². The number of carbonyl (C=O) groups excluding carboxylic acids is 1. The van der Waals surface area contributed by atoms with Gasteiger partial charge in [0.25, 0.3) is 0 Å². The van der Waals surface area contributed by atoms with Gasteiger partial charge in [-0.1, -0.05) is 109 Å². The summed E-state index contributed by atoms with van der Waals surface area (Å²) in [5.41, 5.74) is 3.32. The van der Waals surface area contributed by atoms with Crippen LogP contribution in [0.15, 0.2) is 121 Å². The van der Waals surface area contributed by atoms with Crippen LogP contribution in [-0.4, -0.2) is 5.97 Å². The summed E-state index contributed by atoms with van der Waals surface area (Å²) < 4.78 is 6.26. The molecule has 0 radical (unpaired) electrons. The first kappa shape index (κ1) is 23.5. The monoisotopic (exact) mass is 498 g/mol. The van der Waals surface area contributed by atoms with Crippen molar-refractivity contribution in [2.75, 3.05) is 0 Å². The molecule has 4 saturated carbocycles. The molecule has 4 aromatic carbocycles. The maximum absolute atomic E-state index is 14.5. The van der Waals surface area contributed by atoms with Gasteiger partial charge in [0.2, 0.25) is 0 Å². The molecule has 0 aromatic heterocycles. The Bertz CT molecular complexity index is 1370. The van der Waals surface area contributed by atoms with Gasteiger partial charge in [-0.2, -0.15) is 0 Å². The molecule has 2 heteroatoms. The topological polar surface area (TPSA) is 26.3 Å². The maximum Gasteiger partial charge on any atom is 0.317 e. The lowest BCUT2D eigenvalue weighted by atomic mass is 9.43.